The minimum Gasteiger partial charge on any atom is -0.309 e. The van der Waals surface area contributed by atoms with E-state index in [2.05, 4.69) is 74.1 Å². The van der Waals surface area contributed by atoms with Gasteiger partial charge >= 0.3 is 0 Å². The summed E-state index contributed by atoms with van der Waals surface area (Å²) in [5, 5.41) is 3.68. The molecule has 2 unspecified atom stereocenters. The van der Waals surface area contributed by atoms with Gasteiger partial charge in [0.25, 0.3) is 0 Å². The summed E-state index contributed by atoms with van der Waals surface area (Å²) in [6.45, 7) is 8.01. The third kappa shape index (κ3) is 4.03. The van der Waals surface area contributed by atoms with Crippen molar-refractivity contribution in [3.8, 4) is 0 Å². The maximum Gasteiger partial charge on any atom is 0.0303 e. The molecule has 1 heterocycles. The van der Waals surface area contributed by atoms with Gasteiger partial charge in [-0.1, -0.05) is 44.8 Å². The molecule has 0 radical (unpaired) electrons. The number of likely N-dealkylation sites (tertiary alicyclic amines) is 1. The largest absolute Gasteiger partial charge is 0.309 e. The minimum absolute atomic E-state index is 0.377. The predicted octanol–water partition coefficient (Wildman–Crippen LogP) is 4.35. The number of hydrogen-bond donors (Lipinski definition) is 1. The van der Waals surface area contributed by atoms with Crippen molar-refractivity contribution >= 4 is 31.9 Å². The van der Waals surface area contributed by atoms with Crippen LogP contribution in [-0.2, 0) is 0 Å². The molecule has 2 rings (SSSR count). The van der Waals surface area contributed by atoms with E-state index in [9.17, 15) is 0 Å². The van der Waals surface area contributed by atoms with Crippen LogP contribution in [0.15, 0.2) is 27.1 Å². The number of nitrogens with one attached hydrogen (secondary N) is 1. The van der Waals surface area contributed by atoms with Crippen molar-refractivity contribution < 1.29 is 0 Å². The van der Waals surface area contributed by atoms with E-state index in [1.807, 2.05) is 0 Å². The van der Waals surface area contributed by atoms with Crippen LogP contribution in [0.4, 0.5) is 0 Å². The summed E-state index contributed by atoms with van der Waals surface area (Å²) in [5.74, 6) is 0. The molecular weight excluding hydrogens is 368 g/mol. The Morgan fingerprint density at radius 2 is 2.21 bits per heavy atom. The third-order valence-electron chi connectivity index (χ3n) is 3.99. The van der Waals surface area contributed by atoms with Gasteiger partial charge in [-0.25, -0.2) is 0 Å². The minimum atomic E-state index is 0.377. The van der Waals surface area contributed by atoms with Crippen molar-refractivity contribution in [1.82, 2.24) is 10.2 Å². The van der Waals surface area contributed by atoms with E-state index in [-0.39, 0.29) is 0 Å². The zero-order valence-corrected chi connectivity index (χ0v) is 14.8. The number of rotatable bonds is 5. The van der Waals surface area contributed by atoms with Crippen LogP contribution in [0.2, 0.25) is 0 Å². The lowest BCUT2D eigenvalue weighted by Crippen LogP contribution is -2.38. The van der Waals surface area contributed by atoms with Crippen LogP contribution in [0.5, 0.6) is 0 Å². The first kappa shape index (κ1) is 15.5. The summed E-state index contributed by atoms with van der Waals surface area (Å²) >= 11 is 7.14. The van der Waals surface area contributed by atoms with Crippen molar-refractivity contribution in [3.63, 3.8) is 0 Å². The summed E-state index contributed by atoms with van der Waals surface area (Å²) in [5.41, 5.74) is 1.32. The highest BCUT2D eigenvalue weighted by molar-refractivity contribution is 9.11. The summed E-state index contributed by atoms with van der Waals surface area (Å²) in [7, 11) is 0. The fraction of sp³-hybridized carbons (Fsp3) is 0.600. The summed E-state index contributed by atoms with van der Waals surface area (Å²) in [6, 6.07) is 7.48. The van der Waals surface area contributed by atoms with Gasteiger partial charge in [-0.15, -0.1) is 0 Å². The van der Waals surface area contributed by atoms with E-state index in [1.54, 1.807) is 0 Å². The molecule has 19 heavy (non-hydrogen) atoms. The number of nitrogens with zero attached hydrogens (tertiary/aromatic N) is 1. The van der Waals surface area contributed by atoms with Gasteiger partial charge in [0.2, 0.25) is 0 Å². The van der Waals surface area contributed by atoms with Gasteiger partial charge in [-0.05, 0) is 50.6 Å². The molecule has 1 N–H and O–H groups in total. The molecule has 0 spiro atoms. The highest BCUT2D eigenvalue weighted by atomic mass is 79.9. The van der Waals surface area contributed by atoms with E-state index < -0.39 is 0 Å². The Labute approximate surface area is 133 Å². The predicted molar refractivity (Wildman–Crippen MR) is 88.5 cm³/mol. The first-order valence-electron chi connectivity index (χ1n) is 7.04. The van der Waals surface area contributed by atoms with E-state index >= 15 is 0 Å². The van der Waals surface area contributed by atoms with Gasteiger partial charge in [0.15, 0.2) is 0 Å². The molecule has 1 aromatic rings. The molecule has 4 heteroatoms. The van der Waals surface area contributed by atoms with Crippen LogP contribution in [0.25, 0.3) is 0 Å². The molecule has 0 bridgehead atoms. The Hall–Kier alpha value is 0.1000. The molecule has 0 saturated carbocycles. The molecule has 2 atom stereocenters. The van der Waals surface area contributed by atoms with E-state index in [0.29, 0.717) is 12.1 Å². The van der Waals surface area contributed by atoms with Crippen molar-refractivity contribution in [3.05, 3.63) is 32.7 Å². The molecule has 1 aliphatic heterocycles. The number of likely N-dealkylation sites (N-methyl/N-ethyl adjacent to an activating group) is 1. The van der Waals surface area contributed by atoms with Crippen LogP contribution < -0.4 is 5.32 Å². The molecule has 1 aromatic carbocycles. The second-order valence-electron chi connectivity index (χ2n) is 5.22. The molecule has 0 aromatic heterocycles. The summed E-state index contributed by atoms with van der Waals surface area (Å²) in [6.07, 6.45) is 2.67. The number of halogens is 2. The van der Waals surface area contributed by atoms with Crippen molar-refractivity contribution in [1.29, 1.82) is 0 Å². The Morgan fingerprint density at radius 3 is 2.89 bits per heavy atom. The van der Waals surface area contributed by atoms with E-state index in [1.165, 1.54) is 36.0 Å². The number of benzene rings is 1. The molecular formula is C15H22Br2N2. The first-order valence-corrected chi connectivity index (χ1v) is 8.62. The highest BCUT2D eigenvalue weighted by Gasteiger charge is 2.23. The van der Waals surface area contributed by atoms with Gasteiger partial charge in [0.1, 0.15) is 0 Å². The van der Waals surface area contributed by atoms with Crippen molar-refractivity contribution in [2.45, 2.75) is 38.8 Å². The fourth-order valence-corrected chi connectivity index (χ4v) is 4.21. The maximum absolute atomic E-state index is 3.68. The zero-order valence-electron chi connectivity index (χ0n) is 11.6. The maximum atomic E-state index is 3.68. The van der Waals surface area contributed by atoms with Gasteiger partial charge in [-0.2, -0.15) is 0 Å². The molecule has 1 fully saturated rings. The molecule has 1 aliphatic rings. The monoisotopic (exact) mass is 388 g/mol. The molecule has 1 saturated heterocycles. The highest BCUT2D eigenvalue weighted by Crippen LogP contribution is 2.27. The summed E-state index contributed by atoms with van der Waals surface area (Å²) in [4.78, 5) is 2.58. The average molecular weight is 390 g/mol. The molecule has 0 aliphatic carbocycles. The standard InChI is InChI=1S/C15H22Br2N2/c1-3-19-8-4-5-13(19)10-18-11(2)14-7-6-12(16)9-15(14)17/h6-7,9,11,13,18H,3-5,8,10H2,1-2H3. The Balaban J connectivity index is 1.92. The van der Waals surface area contributed by atoms with Gasteiger partial charge in [0, 0.05) is 27.6 Å². The van der Waals surface area contributed by atoms with Crippen LogP contribution in [0, 0.1) is 0 Å². The quantitative estimate of drug-likeness (QED) is 0.805. The van der Waals surface area contributed by atoms with Crippen molar-refractivity contribution in [2.75, 3.05) is 19.6 Å². The van der Waals surface area contributed by atoms with Gasteiger partial charge in [-0.3, -0.25) is 4.90 Å². The normalized spacial score (nSPS) is 21.8. The van der Waals surface area contributed by atoms with Crippen LogP contribution in [-0.4, -0.2) is 30.6 Å². The third-order valence-corrected chi connectivity index (χ3v) is 5.17. The van der Waals surface area contributed by atoms with Gasteiger partial charge in [0.05, 0.1) is 0 Å². The van der Waals surface area contributed by atoms with Crippen LogP contribution in [0.3, 0.4) is 0 Å². The number of hydrogen-bond acceptors (Lipinski definition) is 2. The Bertz CT molecular complexity index is 423. The lowest BCUT2D eigenvalue weighted by atomic mass is 10.1. The lowest BCUT2D eigenvalue weighted by molar-refractivity contribution is 0.255. The summed E-state index contributed by atoms with van der Waals surface area (Å²) < 4.78 is 2.28. The molecule has 0 amide bonds. The van der Waals surface area contributed by atoms with Crippen LogP contribution >= 0.6 is 31.9 Å². The molecule has 2 nitrogen and oxygen atoms in total. The average Bonchev–Trinajstić information content (AvgIpc) is 2.83. The van der Waals surface area contributed by atoms with Crippen molar-refractivity contribution in [2.24, 2.45) is 0 Å². The topological polar surface area (TPSA) is 15.3 Å². The van der Waals surface area contributed by atoms with E-state index in [4.69, 9.17) is 0 Å². The first-order chi connectivity index (χ1) is 9.11. The SMILES string of the molecule is CCN1CCCC1CNC(C)c1ccc(Br)cc1Br. The Morgan fingerprint density at radius 1 is 1.42 bits per heavy atom. The zero-order chi connectivity index (χ0) is 13.8. The second-order valence-corrected chi connectivity index (χ2v) is 6.99. The molecule has 106 valence electrons. The van der Waals surface area contributed by atoms with E-state index in [0.717, 1.165) is 11.0 Å². The second kappa shape index (κ2) is 7.21. The lowest BCUT2D eigenvalue weighted by Gasteiger charge is -2.25. The smallest absolute Gasteiger partial charge is 0.0303 e. The Kier molecular flexibility index (Phi) is 5.87. The van der Waals surface area contributed by atoms with Gasteiger partial charge < -0.3 is 5.32 Å². The van der Waals surface area contributed by atoms with Crippen LogP contribution in [0.1, 0.15) is 38.3 Å². The fourth-order valence-electron chi connectivity index (χ4n) is 2.82.